The van der Waals surface area contributed by atoms with E-state index in [-0.39, 0.29) is 0 Å². The van der Waals surface area contributed by atoms with E-state index in [1.165, 1.54) is 0 Å². The van der Waals surface area contributed by atoms with Gasteiger partial charge in [-0.1, -0.05) is 13.8 Å². The molecule has 16 heavy (non-hydrogen) atoms. The van der Waals surface area contributed by atoms with Crippen molar-refractivity contribution in [3.8, 4) is 0 Å². The molecule has 0 aliphatic rings. The van der Waals surface area contributed by atoms with Crippen LogP contribution in [0.2, 0.25) is 0 Å². The Bertz CT molecular complexity index is 292. The van der Waals surface area contributed by atoms with Crippen LogP contribution in [0.5, 0.6) is 0 Å². The SMILES string of the molecule is CC(C)Cn1ncnc1CNCCN(C)C. The first-order valence-corrected chi connectivity index (χ1v) is 5.81. The quantitative estimate of drug-likeness (QED) is 0.690. The molecule has 0 amide bonds. The van der Waals surface area contributed by atoms with E-state index < -0.39 is 0 Å². The van der Waals surface area contributed by atoms with Gasteiger partial charge in [-0.2, -0.15) is 5.10 Å². The second-order valence-electron chi connectivity index (χ2n) is 4.73. The average Bonchev–Trinajstić information content (AvgIpc) is 2.59. The Kier molecular flexibility index (Phi) is 5.42. The van der Waals surface area contributed by atoms with E-state index in [2.05, 4.69) is 48.2 Å². The summed E-state index contributed by atoms with van der Waals surface area (Å²) in [5.74, 6) is 1.62. The van der Waals surface area contributed by atoms with E-state index in [4.69, 9.17) is 0 Å². The third-order valence-corrected chi connectivity index (χ3v) is 2.25. The van der Waals surface area contributed by atoms with Gasteiger partial charge in [0.1, 0.15) is 12.2 Å². The van der Waals surface area contributed by atoms with E-state index >= 15 is 0 Å². The molecule has 1 N–H and O–H groups in total. The topological polar surface area (TPSA) is 46.0 Å². The van der Waals surface area contributed by atoms with Gasteiger partial charge in [-0.05, 0) is 20.0 Å². The van der Waals surface area contributed by atoms with Crippen LogP contribution in [0, 0.1) is 5.92 Å². The monoisotopic (exact) mass is 225 g/mol. The Labute approximate surface area is 97.9 Å². The van der Waals surface area contributed by atoms with Gasteiger partial charge in [0.25, 0.3) is 0 Å². The second kappa shape index (κ2) is 6.60. The average molecular weight is 225 g/mol. The molecule has 0 aliphatic heterocycles. The molecule has 0 aromatic carbocycles. The van der Waals surface area contributed by atoms with Crippen LogP contribution in [0.1, 0.15) is 19.7 Å². The molecule has 92 valence electrons. The van der Waals surface area contributed by atoms with Crippen molar-refractivity contribution < 1.29 is 0 Å². The van der Waals surface area contributed by atoms with Crippen LogP contribution in [0.4, 0.5) is 0 Å². The summed E-state index contributed by atoms with van der Waals surface area (Å²) in [5, 5.41) is 7.59. The van der Waals surface area contributed by atoms with E-state index in [9.17, 15) is 0 Å². The smallest absolute Gasteiger partial charge is 0.140 e. The summed E-state index contributed by atoms with van der Waals surface area (Å²) < 4.78 is 1.98. The van der Waals surface area contributed by atoms with Crippen LogP contribution in [0.15, 0.2) is 6.33 Å². The lowest BCUT2D eigenvalue weighted by Gasteiger charge is -2.11. The van der Waals surface area contributed by atoms with Crippen molar-refractivity contribution in [1.82, 2.24) is 25.0 Å². The Morgan fingerprint density at radius 2 is 2.19 bits per heavy atom. The molecular formula is C11H23N5. The predicted molar refractivity (Wildman–Crippen MR) is 65.1 cm³/mol. The molecule has 1 aromatic heterocycles. The number of hydrogen-bond acceptors (Lipinski definition) is 4. The van der Waals surface area contributed by atoms with Gasteiger partial charge in [-0.3, -0.25) is 0 Å². The largest absolute Gasteiger partial charge is 0.309 e. The highest BCUT2D eigenvalue weighted by atomic mass is 15.3. The molecule has 0 bridgehead atoms. The fourth-order valence-electron chi connectivity index (χ4n) is 1.43. The summed E-state index contributed by atoms with van der Waals surface area (Å²) >= 11 is 0. The van der Waals surface area contributed by atoms with E-state index in [0.717, 1.165) is 32.0 Å². The summed E-state index contributed by atoms with van der Waals surface area (Å²) in [6.45, 7) is 8.11. The van der Waals surface area contributed by atoms with E-state index in [1.54, 1.807) is 6.33 Å². The van der Waals surface area contributed by atoms with Gasteiger partial charge in [0.2, 0.25) is 0 Å². The van der Waals surface area contributed by atoms with Crippen molar-refractivity contribution in [3.63, 3.8) is 0 Å². The molecular weight excluding hydrogens is 202 g/mol. The molecule has 0 saturated carbocycles. The maximum Gasteiger partial charge on any atom is 0.140 e. The fourth-order valence-corrected chi connectivity index (χ4v) is 1.43. The molecule has 0 aliphatic carbocycles. The normalized spacial score (nSPS) is 11.6. The van der Waals surface area contributed by atoms with Crippen molar-refractivity contribution in [2.45, 2.75) is 26.9 Å². The summed E-state index contributed by atoms with van der Waals surface area (Å²) in [6, 6.07) is 0. The number of likely N-dealkylation sites (N-methyl/N-ethyl adjacent to an activating group) is 1. The van der Waals surface area contributed by atoms with Crippen LogP contribution in [-0.2, 0) is 13.1 Å². The van der Waals surface area contributed by atoms with Gasteiger partial charge >= 0.3 is 0 Å². The maximum atomic E-state index is 4.26. The lowest BCUT2D eigenvalue weighted by molar-refractivity contribution is 0.394. The molecule has 0 unspecified atom stereocenters. The first-order chi connectivity index (χ1) is 7.59. The number of nitrogens with zero attached hydrogens (tertiary/aromatic N) is 4. The molecule has 0 radical (unpaired) electrons. The Morgan fingerprint density at radius 3 is 2.81 bits per heavy atom. The second-order valence-corrected chi connectivity index (χ2v) is 4.73. The molecule has 5 nitrogen and oxygen atoms in total. The lowest BCUT2D eigenvalue weighted by atomic mass is 10.2. The molecule has 1 rings (SSSR count). The zero-order chi connectivity index (χ0) is 12.0. The van der Waals surface area contributed by atoms with Crippen molar-refractivity contribution in [2.24, 2.45) is 5.92 Å². The van der Waals surface area contributed by atoms with Gasteiger partial charge in [0.05, 0.1) is 6.54 Å². The number of nitrogens with one attached hydrogen (secondary N) is 1. The third kappa shape index (κ3) is 4.72. The maximum absolute atomic E-state index is 4.26. The number of hydrogen-bond donors (Lipinski definition) is 1. The molecule has 5 heteroatoms. The van der Waals surface area contributed by atoms with E-state index in [1.807, 2.05) is 4.68 Å². The van der Waals surface area contributed by atoms with Crippen LogP contribution >= 0.6 is 0 Å². The number of rotatable bonds is 7. The first kappa shape index (κ1) is 13.1. The highest BCUT2D eigenvalue weighted by molar-refractivity contribution is 4.84. The minimum absolute atomic E-state index is 0.599. The highest BCUT2D eigenvalue weighted by Gasteiger charge is 2.05. The van der Waals surface area contributed by atoms with Crippen LogP contribution in [0.3, 0.4) is 0 Å². The van der Waals surface area contributed by atoms with Crippen LogP contribution < -0.4 is 5.32 Å². The van der Waals surface area contributed by atoms with Crippen molar-refractivity contribution in [1.29, 1.82) is 0 Å². The minimum atomic E-state index is 0.599. The molecule has 1 aromatic rings. The van der Waals surface area contributed by atoms with Crippen molar-refractivity contribution in [3.05, 3.63) is 12.2 Å². The summed E-state index contributed by atoms with van der Waals surface area (Å²) in [4.78, 5) is 6.42. The Balaban J connectivity index is 2.33. The van der Waals surface area contributed by atoms with Crippen LogP contribution in [0.25, 0.3) is 0 Å². The molecule has 0 spiro atoms. The summed E-state index contributed by atoms with van der Waals surface area (Å²) in [6.07, 6.45) is 1.63. The van der Waals surface area contributed by atoms with Gasteiger partial charge in [-0.25, -0.2) is 9.67 Å². The fraction of sp³-hybridized carbons (Fsp3) is 0.818. The zero-order valence-electron chi connectivity index (χ0n) is 10.8. The lowest BCUT2D eigenvalue weighted by Crippen LogP contribution is -2.27. The van der Waals surface area contributed by atoms with Crippen molar-refractivity contribution >= 4 is 0 Å². The predicted octanol–water partition coefficient (Wildman–Crippen LogP) is 0.585. The number of aromatic nitrogens is 3. The van der Waals surface area contributed by atoms with Gasteiger partial charge in [0, 0.05) is 19.6 Å². The van der Waals surface area contributed by atoms with Crippen molar-refractivity contribution in [2.75, 3.05) is 27.2 Å². The highest BCUT2D eigenvalue weighted by Crippen LogP contribution is 2.00. The Morgan fingerprint density at radius 1 is 1.44 bits per heavy atom. The third-order valence-electron chi connectivity index (χ3n) is 2.25. The van der Waals surface area contributed by atoms with Gasteiger partial charge in [-0.15, -0.1) is 0 Å². The van der Waals surface area contributed by atoms with Gasteiger partial charge < -0.3 is 10.2 Å². The molecule has 0 atom stereocenters. The molecule has 0 fully saturated rings. The summed E-state index contributed by atoms with van der Waals surface area (Å²) in [7, 11) is 4.14. The standard InChI is InChI=1S/C11H23N5/c1-10(2)8-16-11(13-9-14-16)7-12-5-6-15(3)4/h9-10,12H,5-8H2,1-4H3. The molecule has 0 saturated heterocycles. The summed E-state index contributed by atoms with van der Waals surface area (Å²) in [5.41, 5.74) is 0. The van der Waals surface area contributed by atoms with Crippen LogP contribution in [-0.4, -0.2) is 46.8 Å². The Hall–Kier alpha value is -0.940. The minimum Gasteiger partial charge on any atom is -0.309 e. The molecule has 1 heterocycles. The van der Waals surface area contributed by atoms with Gasteiger partial charge in [0.15, 0.2) is 0 Å². The zero-order valence-corrected chi connectivity index (χ0v) is 10.8. The first-order valence-electron chi connectivity index (χ1n) is 5.81. The van der Waals surface area contributed by atoms with E-state index in [0.29, 0.717) is 5.92 Å².